The van der Waals surface area contributed by atoms with E-state index in [4.69, 9.17) is 0 Å². The molecule has 5 aliphatic carbocycles. The maximum absolute atomic E-state index is 12.1. The molecule has 5 aliphatic rings. The van der Waals surface area contributed by atoms with Crippen LogP contribution in [0.1, 0.15) is 125 Å². The van der Waals surface area contributed by atoms with Gasteiger partial charge < -0.3 is 0 Å². The van der Waals surface area contributed by atoms with Gasteiger partial charge in [0, 0.05) is 12.8 Å². The van der Waals surface area contributed by atoms with E-state index in [1.165, 1.54) is 77.0 Å². The predicted octanol–water partition coefficient (Wildman–Crippen LogP) is 8.70. The maximum Gasteiger partial charge on any atom is 0.133 e. The van der Waals surface area contributed by atoms with Gasteiger partial charge in [0.25, 0.3) is 0 Å². The second-order valence-electron chi connectivity index (χ2n) is 14.4. The highest BCUT2D eigenvalue weighted by atomic mass is 16.1. The molecule has 5 fully saturated rings. The Kier molecular flexibility index (Phi) is 6.37. The van der Waals surface area contributed by atoms with Gasteiger partial charge in [-0.15, -0.1) is 0 Å². The molecule has 182 valence electrons. The molecular weight excluding hydrogens is 388 g/mol. The van der Waals surface area contributed by atoms with E-state index in [0.29, 0.717) is 16.6 Å². The summed E-state index contributed by atoms with van der Waals surface area (Å²) in [6.07, 6.45) is 19.2. The fraction of sp³-hybridized carbons (Fsp3) is 0.968. The lowest BCUT2D eigenvalue weighted by Crippen LogP contribution is -2.55. The minimum atomic E-state index is 0.566. The van der Waals surface area contributed by atoms with Gasteiger partial charge in [-0.1, -0.05) is 53.9 Å². The van der Waals surface area contributed by atoms with Crippen LogP contribution in [0.4, 0.5) is 0 Å². The third-order valence-corrected chi connectivity index (χ3v) is 12.5. The van der Waals surface area contributed by atoms with Gasteiger partial charge in [0.1, 0.15) is 5.78 Å². The average molecular weight is 441 g/mol. The Hall–Kier alpha value is -0.330. The van der Waals surface area contributed by atoms with Crippen LogP contribution in [0.25, 0.3) is 0 Å². The monoisotopic (exact) mass is 440 g/mol. The van der Waals surface area contributed by atoms with Crippen LogP contribution in [0.5, 0.6) is 0 Å². The first-order valence-corrected chi connectivity index (χ1v) is 14.7. The van der Waals surface area contributed by atoms with Gasteiger partial charge in [0.2, 0.25) is 0 Å². The quantitative estimate of drug-likeness (QED) is 0.418. The van der Waals surface area contributed by atoms with Crippen molar-refractivity contribution in [2.75, 3.05) is 0 Å². The Morgan fingerprint density at radius 1 is 0.875 bits per heavy atom. The van der Waals surface area contributed by atoms with E-state index in [1.807, 2.05) is 0 Å². The SMILES string of the molecule is CC(C)CCC[C@@H](C)[C@H]1CC[C@H]2[C@@H]3CC[C@@H]4C[C@H]5CC(=O)CC[C@H]5C[C@]4(C)[C@H]3CC[C@]12C. The number of carbonyl (C=O) groups excluding carboxylic acids is 1. The summed E-state index contributed by atoms with van der Waals surface area (Å²) in [6.45, 7) is 12.8. The number of rotatable bonds is 5. The molecule has 1 heteroatoms. The van der Waals surface area contributed by atoms with Gasteiger partial charge in [-0.05, 0) is 122 Å². The fourth-order valence-electron chi connectivity index (χ4n) is 10.9. The molecule has 0 amide bonds. The Bertz CT molecular complexity index is 695. The summed E-state index contributed by atoms with van der Waals surface area (Å²) in [6, 6.07) is 0. The Morgan fingerprint density at radius 2 is 1.66 bits per heavy atom. The summed E-state index contributed by atoms with van der Waals surface area (Å²) in [5.41, 5.74) is 1.20. The van der Waals surface area contributed by atoms with Crippen LogP contribution in [0.3, 0.4) is 0 Å². The highest BCUT2D eigenvalue weighted by molar-refractivity contribution is 5.79. The zero-order valence-corrected chi connectivity index (χ0v) is 22.0. The van der Waals surface area contributed by atoms with Crippen LogP contribution in [0, 0.1) is 64.1 Å². The Morgan fingerprint density at radius 3 is 2.44 bits per heavy atom. The fourth-order valence-corrected chi connectivity index (χ4v) is 10.9. The number of ketones is 1. The maximum atomic E-state index is 12.1. The molecule has 0 N–H and O–H groups in total. The lowest BCUT2D eigenvalue weighted by Gasteiger charge is -2.63. The molecule has 0 spiro atoms. The number of hydrogen-bond acceptors (Lipinski definition) is 1. The van der Waals surface area contributed by atoms with Crippen molar-refractivity contribution in [3.8, 4) is 0 Å². The molecule has 0 aromatic carbocycles. The van der Waals surface area contributed by atoms with Crippen molar-refractivity contribution in [3.63, 3.8) is 0 Å². The largest absolute Gasteiger partial charge is 0.300 e. The molecule has 1 nitrogen and oxygen atoms in total. The van der Waals surface area contributed by atoms with E-state index < -0.39 is 0 Å². The van der Waals surface area contributed by atoms with E-state index in [2.05, 4.69) is 34.6 Å². The van der Waals surface area contributed by atoms with Crippen molar-refractivity contribution in [2.24, 2.45) is 64.1 Å². The first-order valence-electron chi connectivity index (χ1n) is 14.7. The van der Waals surface area contributed by atoms with Gasteiger partial charge >= 0.3 is 0 Å². The zero-order valence-electron chi connectivity index (χ0n) is 22.0. The third kappa shape index (κ3) is 3.84. The molecule has 0 heterocycles. The highest BCUT2D eigenvalue weighted by Crippen LogP contribution is 2.69. The predicted molar refractivity (Wildman–Crippen MR) is 134 cm³/mol. The molecule has 10 atom stereocenters. The van der Waals surface area contributed by atoms with E-state index in [-0.39, 0.29) is 0 Å². The molecule has 0 aliphatic heterocycles. The van der Waals surface area contributed by atoms with Crippen LogP contribution in [-0.4, -0.2) is 5.78 Å². The minimum Gasteiger partial charge on any atom is -0.300 e. The summed E-state index contributed by atoms with van der Waals surface area (Å²) in [5, 5.41) is 0. The van der Waals surface area contributed by atoms with Crippen molar-refractivity contribution in [3.05, 3.63) is 0 Å². The Balaban J connectivity index is 1.29. The van der Waals surface area contributed by atoms with Gasteiger partial charge in [-0.25, -0.2) is 0 Å². The molecule has 5 saturated carbocycles. The van der Waals surface area contributed by atoms with Gasteiger partial charge in [-0.2, -0.15) is 0 Å². The molecule has 0 saturated heterocycles. The van der Waals surface area contributed by atoms with Gasteiger partial charge in [-0.3, -0.25) is 4.79 Å². The standard InChI is InChI=1S/C31H52O/c1-20(2)7-6-8-21(3)27-13-14-28-26-12-10-24-17-23-18-25(32)11-9-22(23)19-31(24,5)29(26)15-16-30(27,28)4/h20-24,26-29H,6-19H2,1-5H3/t21-,22+,23+,24-,26+,27-,28+,29+,30-,31+/m1/s1. The number of hydrogen-bond donors (Lipinski definition) is 0. The van der Waals surface area contributed by atoms with Crippen LogP contribution in [0.15, 0.2) is 0 Å². The molecule has 0 radical (unpaired) electrons. The molecule has 5 rings (SSSR count). The van der Waals surface area contributed by atoms with Crippen molar-refractivity contribution >= 4 is 5.78 Å². The number of Topliss-reactive ketones (excluding diaryl/α,β-unsaturated/α-hetero) is 1. The van der Waals surface area contributed by atoms with Crippen molar-refractivity contribution < 1.29 is 4.79 Å². The topological polar surface area (TPSA) is 17.1 Å². The zero-order chi connectivity index (χ0) is 22.7. The molecule has 0 aromatic rings. The van der Waals surface area contributed by atoms with E-state index in [0.717, 1.165) is 66.1 Å². The Labute approximate surface area is 199 Å². The first-order chi connectivity index (χ1) is 15.2. The molecule has 0 unspecified atom stereocenters. The number of fused-ring (bicyclic) bond motifs is 6. The molecule has 32 heavy (non-hydrogen) atoms. The summed E-state index contributed by atoms with van der Waals surface area (Å²) in [5.74, 6) is 8.82. The van der Waals surface area contributed by atoms with Crippen LogP contribution in [0.2, 0.25) is 0 Å². The third-order valence-electron chi connectivity index (χ3n) is 12.5. The summed E-state index contributed by atoms with van der Waals surface area (Å²) in [7, 11) is 0. The number of carbonyl (C=O) groups is 1. The second-order valence-corrected chi connectivity index (χ2v) is 14.4. The molecule has 0 bridgehead atoms. The average Bonchev–Trinajstić information content (AvgIpc) is 3.09. The van der Waals surface area contributed by atoms with Crippen molar-refractivity contribution in [1.82, 2.24) is 0 Å². The van der Waals surface area contributed by atoms with Crippen LogP contribution in [-0.2, 0) is 4.79 Å². The smallest absolute Gasteiger partial charge is 0.133 e. The van der Waals surface area contributed by atoms with Crippen LogP contribution < -0.4 is 0 Å². The second kappa shape index (κ2) is 8.71. The van der Waals surface area contributed by atoms with Crippen LogP contribution >= 0.6 is 0 Å². The van der Waals surface area contributed by atoms with Crippen molar-refractivity contribution in [1.29, 1.82) is 0 Å². The van der Waals surface area contributed by atoms with Crippen molar-refractivity contribution in [2.45, 2.75) is 125 Å². The van der Waals surface area contributed by atoms with Gasteiger partial charge in [0.05, 0.1) is 0 Å². The highest BCUT2D eigenvalue weighted by Gasteiger charge is 2.61. The van der Waals surface area contributed by atoms with E-state index in [1.54, 1.807) is 0 Å². The lowest BCUT2D eigenvalue weighted by molar-refractivity contribution is -0.144. The summed E-state index contributed by atoms with van der Waals surface area (Å²) in [4.78, 5) is 12.1. The summed E-state index contributed by atoms with van der Waals surface area (Å²) < 4.78 is 0. The first kappa shape index (κ1) is 23.4. The minimum absolute atomic E-state index is 0.566. The van der Waals surface area contributed by atoms with E-state index >= 15 is 0 Å². The van der Waals surface area contributed by atoms with E-state index in [9.17, 15) is 4.79 Å². The molecule has 0 aromatic heterocycles. The summed E-state index contributed by atoms with van der Waals surface area (Å²) >= 11 is 0. The van der Waals surface area contributed by atoms with Gasteiger partial charge in [0.15, 0.2) is 0 Å². The molecular formula is C31H52O. The lowest BCUT2D eigenvalue weighted by atomic mass is 9.42. The normalized spacial score (nSPS) is 49.2.